The van der Waals surface area contributed by atoms with Crippen molar-refractivity contribution in [3.63, 3.8) is 0 Å². The second-order valence-electron chi connectivity index (χ2n) is 5.78. The summed E-state index contributed by atoms with van der Waals surface area (Å²) in [5.41, 5.74) is 2.46. The zero-order valence-corrected chi connectivity index (χ0v) is 15.7. The van der Waals surface area contributed by atoms with Crippen LogP contribution in [0, 0.1) is 10.1 Å². The van der Waals surface area contributed by atoms with Gasteiger partial charge in [-0.3, -0.25) is 19.8 Å². The highest BCUT2D eigenvalue weighted by Crippen LogP contribution is 2.36. The fourth-order valence-electron chi connectivity index (χ4n) is 2.43. The van der Waals surface area contributed by atoms with Gasteiger partial charge in [0.15, 0.2) is 4.32 Å². The number of benzene rings is 2. The predicted molar refractivity (Wildman–Crippen MR) is 110 cm³/mol. The largest absolute Gasteiger partial charge is 0.378 e. The summed E-state index contributed by atoms with van der Waals surface area (Å²) in [6.45, 7) is 0. The summed E-state index contributed by atoms with van der Waals surface area (Å²) in [5.74, 6) is -0.198. The number of hydrogen-bond donors (Lipinski definition) is 0. The van der Waals surface area contributed by atoms with Crippen molar-refractivity contribution in [1.29, 1.82) is 0 Å². The SMILES string of the molecule is CN(C)c1ccc(N2C(=O)C(=Cc3ccc([N+](=O)[O-])cc3)SC2=S)cc1. The van der Waals surface area contributed by atoms with Gasteiger partial charge in [0.25, 0.3) is 11.6 Å². The van der Waals surface area contributed by atoms with Crippen LogP contribution in [0.1, 0.15) is 5.56 Å². The molecule has 0 aromatic heterocycles. The summed E-state index contributed by atoms with van der Waals surface area (Å²) in [6.07, 6.45) is 1.69. The maximum absolute atomic E-state index is 12.7. The number of nitro benzene ring substituents is 1. The van der Waals surface area contributed by atoms with E-state index in [0.29, 0.717) is 20.5 Å². The Morgan fingerprint density at radius 3 is 2.27 bits per heavy atom. The lowest BCUT2D eigenvalue weighted by molar-refractivity contribution is -0.384. The van der Waals surface area contributed by atoms with Gasteiger partial charge in [0, 0.05) is 31.9 Å². The van der Waals surface area contributed by atoms with Crippen LogP contribution in [0.2, 0.25) is 0 Å². The Kier molecular flexibility index (Phi) is 5.06. The van der Waals surface area contributed by atoms with Crippen LogP contribution in [-0.4, -0.2) is 29.2 Å². The number of nitro groups is 1. The lowest BCUT2D eigenvalue weighted by Crippen LogP contribution is -2.27. The van der Waals surface area contributed by atoms with Crippen molar-refractivity contribution in [3.8, 4) is 0 Å². The Hall–Kier alpha value is -2.71. The zero-order chi connectivity index (χ0) is 18.8. The Labute approximate surface area is 160 Å². The van der Waals surface area contributed by atoms with E-state index in [1.165, 1.54) is 28.8 Å². The molecule has 1 amide bonds. The molecule has 6 nitrogen and oxygen atoms in total. The molecule has 1 heterocycles. The Morgan fingerprint density at radius 2 is 1.73 bits per heavy atom. The van der Waals surface area contributed by atoms with E-state index in [2.05, 4.69) is 0 Å². The molecule has 26 heavy (non-hydrogen) atoms. The molecule has 1 saturated heterocycles. The van der Waals surface area contributed by atoms with E-state index in [1.807, 2.05) is 43.3 Å². The second kappa shape index (κ2) is 7.27. The molecule has 8 heteroatoms. The highest BCUT2D eigenvalue weighted by molar-refractivity contribution is 8.27. The second-order valence-corrected chi connectivity index (χ2v) is 7.45. The fourth-order valence-corrected chi connectivity index (χ4v) is 3.73. The molecular weight excluding hydrogens is 370 g/mol. The molecule has 1 aliphatic rings. The summed E-state index contributed by atoms with van der Waals surface area (Å²) in [6, 6.07) is 13.6. The molecule has 0 atom stereocenters. The van der Waals surface area contributed by atoms with Crippen molar-refractivity contribution in [2.75, 3.05) is 23.9 Å². The summed E-state index contributed by atoms with van der Waals surface area (Å²) in [7, 11) is 3.89. The standard InChI is InChI=1S/C18H15N3O3S2/c1-19(2)13-7-9-14(10-8-13)20-17(22)16(26-18(20)25)11-12-3-5-15(6-4-12)21(23)24/h3-11H,1-2H3. The molecule has 132 valence electrons. The van der Waals surface area contributed by atoms with Gasteiger partial charge in [-0.2, -0.15) is 0 Å². The van der Waals surface area contributed by atoms with Crippen molar-refractivity contribution in [2.45, 2.75) is 0 Å². The maximum atomic E-state index is 12.7. The lowest BCUT2D eigenvalue weighted by Gasteiger charge is -2.17. The van der Waals surface area contributed by atoms with E-state index in [-0.39, 0.29) is 11.6 Å². The first kappa shape index (κ1) is 18.1. The van der Waals surface area contributed by atoms with Crippen molar-refractivity contribution >= 4 is 57.3 Å². The van der Waals surface area contributed by atoms with Crippen LogP contribution in [0.15, 0.2) is 53.4 Å². The van der Waals surface area contributed by atoms with Crippen LogP contribution in [0.4, 0.5) is 17.1 Å². The van der Waals surface area contributed by atoms with Crippen LogP contribution < -0.4 is 9.80 Å². The number of carbonyl (C=O) groups excluding carboxylic acids is 1. The van der Waals surface area contributed by atoms with Crippen molar-refractivity contribution in [3.05, 3.63) is 69.1 Å². The number of anilines is 2. The van der Waals surface area contributed by atoms with Gasteiger partial charge in [-0.15, -0.1) is 0 Å². The molecule has 0 radical (unpaired) electrons. The van der Waals surface area contributed by atoms with Gasteiger partial charge in [0.1, 0.15) is 0 Å². The minimum absolute atomic E-state index is 0.00989. The van der Waals surface area contributed by atoms with Gasteiger partial charge in [-0.25, -0.2) is 0 Å². The predicted octanol–water partition coefficient (Wildman–Crippen LogP) is 4.07. The van der Waals surface area contributed by atoms with Crippen molar-refractivity contribution < 1.29 is 9.72 Å². The van der Waals surface area contributed by atoms with Gasteiger partial charge >= 0.3 is 0 Å². The molecule has 0 aliphatic carbocycles. The number of rotatable bonds is 4. The summed E-state index contributed by atoms with van der Waals surface area (Å²) in [5, 5.41) is 10.7. The van der Waals surface area contributed by atoms with Gasteiger partial charge in [-0.05, 0) is 48.0 Å². The van der Waals surface area contributed by atoms with Crippen LogP contribution in [0.25, 0.3) is 6.08 Å². The van der Waals surface area contributed by atoms with Crippen molar-refractivity contribution in [1.82, 2.24) is 0 Å². The van der Waals surface area contributed by atoms with E-state index in [1.54, 1.807) is 18.2 Å². The third-order valence-electron chi connectivity index (χ3n) is 3.82. The van der Waals surface area contributed by atoms with Crippen molar-refractivity contribution in [2.24, 2.45) is 0 Å². The molecule has 3 rings (SSSR count). The van der Waals surface area contributed by atoms with Gasteiger partial charge in [-0.1, -0.05) is 24.0 Å². The van der Waals surface area contributed by atoms with Crippen LogP contribution in [-0.2, 0) is 4.79 Å². The number of nitrogens with zero attached hydrogens (tertiary/aromatic N) is 3. The summed E-state index contributed by atoms with van der Waals surface area (Å²) >= 11 is 6.58. The number of non-ortho nitro benzene ring substituents is 1. The lowest BCUT2D eigenvalue weighted by atomic mass is 10.2. The number of thioether (sulfide) groups is 1. The third-order valence-corrected chi connectivity index (χ3v) is 5.12. The molecule has 0 spiro atoms. The Bertz CT molecular complexity index is 906. The minimum Gasteiger partial charge on any atom is -0.378 e. The molecule has 2 aromatic rings. The van der Waals surface area contributed by atoms with E-state index in [0.717, 1.165) is 5.69 Å². The van der Waals surface area contributed by atoms with Crippen LogP contribution in [0.3, 0.4) is 0 Å². The van der Waals surface area contributed by atoms with E-state index in [9.17, 15) is 14.9 Å². The van der Waals surface area contributed by atoms with Gasteiger partial charge in [0.2, 0.25) is 0 Å². The molecule has 0 N–H and O–H groups in total. The Balaban J connectivity index is 1.85. The number of amides is 1. The monoisotopic (exact) mass is 385 g/mol. The van der Waals surface area contributed by atoms with Crippen LogP contribution >= 0.6 is 24.0 Å². The first-order valence-corrected chi connectivity index (χ1v) is 8.89. The van der Waals surface area contributed by atoms with Crippen LogP contribution in [0.5, 0.6) is 0 Å². The average molecular weight is 385 g/mol. The minimum atomic E-state index is -0.458. The molecule has 1 fully saturated rings. The normalized spacial score (nSPS) is 15.6. The third kappa shape index (κ3) is 3.61. The van der Waals surface area contributed by atoms with E-state index >= 15 is 0 Å². The average Bonchev–Trinajstić information content (AvgIpc) is 2.89. The maximum Gasteiger partial charge on any atom is 0.270 e. The van der Waals surface area contributed by atoms with Gasteiger partial charge in [0.05, 0.1) is 15.5 Å². The smallest absolute Gasteiger partial charge is 0.270 e. The van der Waals surface area contributed by atoms with E-state index in [4.69, 9.17) is 12.2 Å². The molecule has 2 aromatic carbocycles. The summed E-state index contributed by atoms with van der Waals surface area (Å²) < 4.78 is 0.459. The Morgan fingerprint density at radius 1 is 1.12 bits per heavy atom. The highest BCUT2D eigenvalue weighted by Gasteiger charge is 2.33. The first-order chi connectivity index (χ1) is 12.4. The number of thiocarbonyl (C=S) groups is 1. The molecule has 1 aliphatic heterocycles. The fraction of sp³-hybridized carbons (Fsp3) is 0.111. The molecule has 0 unspecified atom stereocenters. The summed E-state index contributed by atoms with van der Waals surface area (Å²) in [4.78, 5) is 27.0. The number of carbonyl (C=O) groups is 1. The van der Waals surface area contributed by atoms with Gasteiger partial charge < -0.3 is 4.90 Å². The molecular formula is C18H15N3O3S2. The molecule has 0 bridgehead atoms. The van der Waals surface area contributed by atoms with E-state index < -0.39 is 4.92 Å². The zero-order valence-electron chi connectivity index (χ0n) is 14.1. The highest BCUT2D eigenvalue weighted by atomic mass is 32.2. The molecule has 0 saturated carbocycles. The topological polar surface area (TPSA) is 66.7 Å². The number of hydrogen-bond acceptors (Lipinski definition) is 6. The quantitative estimate of drug-likeness (QED) is 0.342. The first-order valence-electron chi connectivity index (χ1n) is 7.66.